The third-order valence-corrected chi connectivity index (χ3v) is 2.77. The van der Waals surface area contributed by atoms with Crippen molar-refractivity contribution in [3.63, 3.8) is 0 Å². The molecule has 0 saturated heterocycles. The molecule has 0 fully saturated rings. The third kappa shape index (κ3) is 3.10. The first kappa shape index (κ1) is 12.3. The molecule has 1 rings (SSSR count). The molecule has 1 atom stereocenters. The third-order valence-electron chi connectivity index (χ3n) is 2.77. The normalized spacial score (nSPS) is 13.5. The summed E-state index contributed by atoms with van der Waals surface area (Å²) < 4.78 is 2.41. The van der Waals surface area contributed by atoms with Crippen molar-refractivity contribution >= 4 is 0 Å². The van der Waals surface area contributed by atoms with Gasteiger partial charge in [-0.25, -0.2) is 0 Å². The molecule has 0 aromatic carbocycles. The number of hydrogen-bond donors (Lipinski definition) is 1. The number of aromatic nitrogens is 1. The monoisotopic (exact) mass is 208 g/mol. The second kappa shape index (κ2) is 4.84. The lowest BCUT2D eigenvalue weighted by Gasteiger charge is -2.12. The summed E-state index contributed by atoms with van der Waals surface area (Å²) in [6.07, 6.45) is 0.984. The van der Waals surface area contributed by atoms with Gasteiger partial charge in [0.1, 0.15) is 0 Å². The average Bonchev–Trinajstić information content (AvgIpc) is 2.31. The highest BCUT2D eigenvalue weighted by Gasteiger charge is 2.10. The minimum absolute atomic E-state index is 0.248. The van der Waals surface area contributed by atoms with Crippen molar-refractivity contribution in [1.29, 1.82) is 0 Å². The highest BCUT2D eigenvalue weighted by Crippen LogP contribution is 2.18. The highest BCUT2D eigenvalue weighted by atomic mass is 15.0. The summed E-state index contributed by atoms with van der Waals surface area (Å²) in [6.45, 7) is 12.1. The molecule has 2 nitrogen and oxygen atoms in total. The van der Waals surface area contributed by atoms with Gasteiger partial charge in [0.15, 0.2) is 0 Å². The summed E-state index contributed by atoms with van der Waals surface area (Å²) in [4.78, 5) is 0. The zero-order chi connectivity index (χ0) is 11.6. The molecule has 0 amide bonds. The van der Waals surface area contributed by atoms with Crippen molar-refractivity contribution in [2.75, 3.05) is 0 Å². The van der Waals surface area contributed by atoms with Crippen molar-refractivity contribution in [2.24, 2.45) is 11.7 Å². The molecule has 0 unspecified atom stereocenters. The Bertz CT molecular complexity index is 322. The second-order valence-corrected chi connectivity index (χ2v) is 5.08. The van der Waals surface area contributed by atoms with E-state index in [2.05, 4.69) is 45.3 Å². The number of nitrogens with zero attached hydrogens (tertiary/aromatic N) is 1. The Kier molecular flexibility index (Phi) is 3.97. The van der Waals surface area contributed by atoms with Crippen LogP contribution in [0, 0.1) is 19.8 Å². The zero-order valence-electron chi connectivity index (χ0n) is 10.7. The molecule has 1 aromatic heterocycles. The molecule has 0 aliphatic rings. The van der Waals surface area contributed by atoms with Crippen LogP contribution in [0.1, 0.15) is 37.7 Å². The fraction of sp³-hybridized carbons (Fsp3) is 0.692. The van der Waals surface area contributed by atoms with Crippen LogP contribution in [-0.4, -0.2) is 10.6 Å². The van der Waals surface area contributed by atoms with Gasteiger partial charge in [0.2, 0.25) is 0 Å². The van der Waals surface area contributed by atoms with Gasteiger partial charge in [-0.1, -0.05) is 13.8 Å². The summed E-state index contributed by atoms with van der Waals surface area (Å²) in [6, 6.07) is 2.53. The number of hydrogen-bond acceptors (Lipinski definition) is 1. The predicted molar refractivity (Wildman–Crippen MR) is 66.1 cm³/mol. The average molecular weight is 208 g/mol. The molecule has 2 N–H and O–H groups in total. The molecule has 0 saturated carbocycles. The van der Waals surface area contributed by atoms with E-state index >= 15 is 0 Å². The maximum absolute atomic E-state index is 5.84. The number of nitrogens with two attached hydrogens (primary N) is 1. The first-order valence-electron chi connectivity index (χ1n) is 5.83. The number of rotatable bonds is 4. The van der Waals surface area contributed by atoms with Gasteiger partial charge in [-0.2, -0.15) is 0 Å². The van der Waals surface area contributed by atoms with Crippen LogP contribution >= 0.6 is 0 Å². The van der Waals surface area contributed by atoms with Crippen LogP contribution in [0.2, 0.25) is 0 Å². The maximum Gasteiger partial charge on any atom is 0.0247 e. The van der Waals surface area contributed by atoms with Crippen LogP contribution in [0.4, 0.5) is 0 Å². The Labute approximate surface area is 93.5 Å². The quantitative estimate of drug-likeness (QED) is 0.810. The Morgan fingerprint density at radius 3 is 2.33 bits per heavy atom. The molecule has 0 spiro atoms. The Morgan fingerprint density at radius 1 is 1.27 bits per heavy atom. The second-order valence-electron chi connectivity index (χ2n) is 5.08. The summed E-state index contributed by atoms with van der Waals surface area (Å²) in [5, 5.41) is 0. The van der Waals surface area contributed by atoms with Crippen LogP contribution in [0.25, 0.3) is 0 Å². The van der Waals surface area contributed by atoms with Crippen LogP contribution < -0.4 is 5.73 Å². The Hall–Kier alpha value is -0.760. The molecule has 0 radical (unpaired) electrons. The largest absolute Gasteiger partial charge is 0.349 e. The summed E-state index contributed by atoms with van der Waals surface area (Å²) >= 11 is 0. The maximum atomic E-state index is 5.84. The molecule has 1 heterocycles. The van der Waals surface area contributed by atoms with Gasteiger partial charge in [-0.3, -0.25) is 0 Å². The van der Waals surface area contributed by atoms with Crippen molar-refractivity contribution < 1.29 is 0 Å². The lowest BCUT2D eigenvalue weighted by atomic mass is 10.1. The van der Waals surface area contributed by atoms with E-state index in [9.17, 15) is 0 Å². The van der Waals surface area contributed by atoms with Gasteiger partial charge in [-0.15, -0.1) is 0 Å². The Morgan fingerprint density at radius 2 is 1.87 bits per heavy atom. The van der Waals surface area contributed by atoms with Gasteiger partial charge in [0.05, 0.1) is 0 Å². The minimum atomic E-state index is 0.248. The standard InChI is InChI=1S/C13H24N2/c1-9(2)8-15-11(4)7-13(12(15)5)6-10(3)14/h7,9-10H,6,8,14H2,1-5H3/t10-/m1/s1. The molecule has 1 aromatic rings. The van der Waals surface area contributed by atoms with Crippen LogP contribution in [0.5, 0.6) is 0 Å². The van der Waals surface area contributed by atoms with Crippen molar-refractivity contribution in [3.8, 4) is 0 Å². The van der Waals surface area contributed by atoms with E-state index in [0.29, 0.717) is 5.92 Å². The van der Waals surface area contributed by atoms with Crippen molar-refractivity contribution in [1.82, 2.24) is 4.57 Å². The summed E-state index contributed by atoms with van der Waals surface area (Å²) in [5.74, 6) is 0.693. The highest BCUT2D eigenvalue weighted by molar-refractivity contribution is 5.27. The molecule has 0 aliphatic carbocycles. The molecule has 2 heteroatoms. The first-order valence-corrected chi connectivity index (χ1v) is 5.83. The molecule has 0 aliphatic heterocycles. The lowest BCUT2D eigenvalue weighted by Crippen LogP contribution is -2.18. The van der Waals surface area contributed by atoms with E-state index in [1.165, 1.54) is 17.0 Å². The van der Waals surface area contributed by atoms with E-state index in [1.807, 2.05) is 0 Å². The van der Waals surface area contributed by atoms with Crippen LogP contribution in [0.15, 0.2) is 6.07 Å². The molecule has 0 bridgehead atoms. The van der Waals surface area contributed by atoms with Gasteiger partial charge in [-0.05, 0) is 44.7 Å². The fourth-order valence-electron chi connectivity index (χ4n) is 2.07. The van der Waals surface area contributed by atoms with Gasteiger partial charge in [0.25, 0.3) is 0 Å². The Balaban J connectivity index is 2.93. The minimum Gasteiger partial charge on any atom is -0.349 e. The summed E-state index contributed by atoms with van der Waals surface area (Å²) in [7, 11) is 0. The number of aryl methyl sites for hydroxylation is 1. The van der Waals surface area contributed by atoms with Crippen molar-refractivity contribution in [2.45, 2.75) is 53.6 Å². The predicted octanol–water partition coefficient (Wildman–Crippen LogP) is 2.65. The van der Waals surface area contributed by atoms with Gasteiger partial charge < -0.3 is 10.3 Å². The SMILES string of the molecule is Cc1cc(C[C@@H](C)N)c(C)n1CC(C)C. The zero-order valence-corrected chi connectivity index (χ0v) is 10.7. The molecule has 15 heavy (non-hydrogen) atoms. The van der Waals surface area contributed by atoms with Gasteiger partial charge >= 0.3 is 0 Å². The van der Waals surface area contributed by atoms with Crippen LogP contribution in [0.3, 0.4) is 0 Å². The van der Waals surface area contributed by atoms with Crippen LogP contribution in [-0.2, 0) is 13.0 Å². The smallest absolute Gasteiger partial charge is 0.0247 e. The van der Waals surface area contributed by atoms with E-state index in [1.54, 1.807) is 0 Å². The van der Waals surface area contributed by atoms with E-state index in [0.717, 1.165) is 13.0 Å². The van der Waals surface area contributed by atoms with E-state index < -0.39 is 0 Å². The van der Waals surface area contributed by atoms with E-state index in [4.69, 9.17) is 5.73 Å². The fourth-order valence-corrected chi connectivity index (χ4v) is 2.07. The lowest BCUT2D eigenvalue weighted by molar-refractivity contribution is 0.508. The first-order chi connectivity index (χ1) is 6.91. The molecular weight excluding hydrogens is 184 g/mol. The van der Waals surface area contributed by atoms with E-state index in [-0.39, 0.29) is 6.04 Å². The molecule has 86 valence electrons. The molecular formula is C13H24N2. The topological polar surface area (TPSA) is 30.9 Å². The van der Waals surface area contributed by atoms with Crippen molar-refractivity contribution in [3.05, 3.63) is 23.0 Å². The summed E-state index contributed by atoms with van der Waals surface area (Å²) in [5.41, 5.74) is 10.00. The van der Waals surface area contributed by atoms with Gasteiger partial charge in [0, 0.05) is 24.0 Å².